The molecule has 1 N–H and O–H groups in total. The van der Waals surface area contributed by atoms with Gasteiger partial charge in [0.15, 0.2) is 5.82 Å². The molecule has 0 aliphatic carbocycles. The maximum absolute atomic E-state index is 9.35. The molecule has 1 heterocycles. The molecule has 3 rings (SSSR count). The van der Waals surface area contributed by atoms with Crippen molar-refractivity contribution in [2.24, 2.45) is 0 Å². The molecule has 0 amide bonds. The van der Waals surface area contributed by atoms with Crippen molar-refractivity contribution in [1.29, 1.82) is 5.26 Å². The minimum absolute atomic E-state index is 0.466. The predicted octanol–water partition coefficient (Wildman–Crippen LogP) is 4.28. The van der Waals surface area contributed by atoms with E-state index in [2.05, 4.69) is 21.6 Å². The Morgan fingerprint density at radius 2 is 1.74 bits per heavy atom. The Bertz CT molecular complexity index is 839. The van der Waals surface area contributed by atoms with Gasteiger partial charge in [-0.2, -0.15) is 5.26 Å². The topological polar surface area (TPSA) is 61.6 Å². The maximum atomic E-state index is 9.35. The lowest BCUT2D eigenvalue weighted by atomic mass is 10.1. The number of nitrogens with zero attached hydrogens (tertiary/aromatic N) is 3. The molecule has 0 saturated carbocycles. The van der Waals surface area contributed by atoms with Crippen LogP contribution in [0.4, 0.5) is 5.82 Å². The lowest BCUT2D eigenvalue weighted by Crippen LogP contribution is -2.05. The van der Waals surface area contributed by atoms with Gasteiger partial charge < -0.3 is 5.32 Å². The maximum Gasteiger partial charge on any atom is 0.166 e. The van der Waals surface area contributed by atoms with Crippen molar-refractivity contribution in [3.05, 3.63) is 76.8 Å². The Morgan fingerprint density at radius 3 is 2.43 bits per heavy atom. The highest BCUT2D eigenvalue weighted by Crippen LogP contribution is 2.20. The number of nitrogens with one attached hydrogen (secondary N) is 1. The van der Waals surface area contributed by atoms with Gasteiger partial charge in [0, 0.05) is 17.1 Å². The lowest BCUT2D eigenvalue weighted by Gasteiger charge is -2.08. The quantitative estimate of drug-likeness (QED) is 0.779. The highest BCUT2D eigenvalue weighted by molar-refractivity contribution is 6.30. The molecule has 1 aromatic heterocycles. The van der Waals surface area contributed by atoms with E-state index in [9.17, 15) is 5.26 Å². The third-order valence-electron chi connectivity index (χ3n) is 3.36. The molecule has 3 aromatic rings. The monoisotopic (exact) mass is 320 g/mol. The summed E-state index contributed by atoms with van der Waals surface area (Å²) in [7, 11) is 0. The van der Waals surface area contributed by atoms with Crippen molar-refractivity contribution in [3.8, 4) is 17.3 Å². The highest BCUT2D eigenvalue weighted by atomic mass is 35.5. The summed E-state index contributed by atoms with van der Waals surface area (Å²) in [4.78, 5) is 0. The molecule has 0 spiro atoms. The minimum Gasteiger partial charge on any atom is -0.363 e. The Morgan fingerprint density at radius 1 is 1.00 bits per heavy atom. The molecule has 4 nitrogen and oxygen atoms in total. The molecule has 0 aliphatic rings. The van der Waals surface area contributed by atoms with Crippen LogP contribution in [0.3, 0.4) is 0 Å². The van der Waals surface area contributed by atoms with Gasteiger partial charge in [-0.25, -0.2) is 0 Å². The van der Waals surface area contributed by atoms with Crippen molar-refractivity contribution < 1.29 is 0 Å². The van der Waals surface area contributed by atoms with E-state index >= 15 is 0 Å². The first kappa shape index (κ1) is 15.0. The van der Waals surface area contributed by atoms with Crippen LogP contribution in [0.5, 0.6) is 0 Å². The predicted molar refractivity (Wildman–Crippen MR) is 91.0 cm³/mol. The molecule has 23 heavy (non-hydrogen) atoms. The summed E-state index contributed by atoms with van der Waals surface area (Å²) >= 11 is 5.87. The first-order chi connectivity index (χ1) is 11.3. The molecule has 0 atom stereocenters. The van der Waals surface area contributed by atoms with E-state index in [-0.39, 0.29) is 0 Å². The van der Waals surface area contributed by atoms with Crippen molar-refractivity contribution in [2.75, 3.05) is 5.32 Å². The summed E-state index contributed by atoms with van der Waals surface area (Å²) in [6, 6.07) is 21.1. The van der Waals surface area contributed by atoms with E-state index in [0.717, 1.165) is 11.1 Å². The molecule has 0 aliphatic heterocycles. The molecule has 5 heteroatoms. The van der Waals surface area contributed by atoms with Crippen LogP contribution >= 0.6 is 11.6 Å². The van der Waals surface area contributed by atoms with Crippen LogP contribution in [0.15, 0.2) is 60.7 Å². The van der Waals surface area contributed by atoms with E-state index in [0.29, 0.717) is 28.6 Å². The van der Waals surface area contributed by atoms with Gasteiger partial charge in [0.25, 0.3) is 0 Å². The summed E-state index contributed by atoms with van der Waals surface area (Å²) < 4.78 is 0. The number of halogens is 1. The zero-order valence-electron chi connectivity index (χ0n) is 12.2. The number of nitriles is 1. The molecular formula is C18H13ClN4. The Hall–Kier alpha value is -2.90. The zero-order valence-corrected chi connectivity index (χ0v) is 13.0. The largest absolute Gasteiger partial charge is 0.363 e. The molecule has 2 aromatic carbocycles. The normalized spacial score (nSPS) is 10.1. The summed E-state index contributed by atoms with van der Waals surface area (Å²) in [5.41, 5.74) is 3.12. The van der Waals surface area contributed by atoms with Gasteiger partial charge in [-0.1, -0.05) is 54.1 Å². The van der Waals surface area contributed by atoms with Crippen LogP contribution in [0.25, 0.3) is 11.3 Å². The van der Waals surface area contributed by atoms with Gasteiger partial charge in [-0.05, 0) is 23.8 Å². The number of anilines is 1. The van der Waals surface area contributed by atoms with Crippen molar-refractivity contribution in [2.45, 2.75) is 6.54 Å². The fourth-order valence-electron chi connectivity index (χ4n) is 2.15. The van der Waals surface area contributed by atoms with Gasteiger partial charge in [-0.3, -0.25) is 0 Å². The molecule has 0 unspecified atom stereocenters. The van der Waals surface area contributed by atoms with E-state index in [1.165, 1.54) is 0 Å². The summed E-state index contributed by atoms with van der Waals surface area (Å²) in [5.74, 6) is 0.474. The second-order valence-corrected chi connectivity index (χ2v) is 5.39. The van der Waals surface area contributed by atoms with Crippen LogP contribution in [0, 0.1) is 11.3 Å². The number of benzene rings is 2. The molecule has 112 valence electrons. The van der Waals surface area contributed by atoms with Gasteiger partial charge in [-0.15, -0.1) is 10.2 Å². The minimum atomic E-state index is 0.466. The van der Waals surface area contributed by atoms with Crippen molar-refractivity contribution >= 4 is 17.4 Å². The molecule has 0 saturated heterocycles. The Labute approximate surface area is 139 Å². The second-order valence-electron chi connectivity index (χ2n) is 4.95. The number of aromatic nitrogens is 2. The SMILES string of the molecule is N#Cc1cc(-c2ccccc2)nnc1NCc1ccc(Cl)cc1. The number of hydrogen-bond donors (Lipinski definition) is 1. The third-order valence-corrected chi connectivity index (χ3v) is 3.61. The Balaban J connectivity index is 1.80. The van der Waals surface area contributed by atoms with Crippen molar-refractivity contribution in [3.63, 3.8) is 0 Å². The standard InChI is InChI=1S/C18H13ClN4/c19-16-8-6-13(7-9-16)12-21-18-15(11-20)10-17(22-23-18)14-4-2-1-3-5-14/h1-10H,12H2,(H,21,23). The molecule has 0 fully saturated rings. The van der Waals surface area contributed by atoms with E-state index in [4.69, 9.17) is 11.6 Å². The van der Waals surface area contributed by atoms with Gasteiger partial charge in [0.2, 0.25) is 0 Å². The van der Waals surface area contributed by atoms with Crippen LogP contribution in [0.1, 0.15) is 11.1 Å². The van der Waals surface area contributed by atoms with Gasteiger partial charge in [0.1, 0.15) is 6.07 Å². The van der Waals surface area contributed by atoms with Crippen LogP contribution < -0.4 is 5.32 Å². The van der Waals surface area contributed by atoms with E-state index in [1.54, 1.807) is 6.07 Å². The summed E-state index contributed by atoms with van der Waals surface area (Å²) in [5, 5.41) is 21.5. The fraction of sp³-hybridized carbons (Fsp3) is 0.0556. The van der Waals surface area contributed by atoms with Gasteiger partial charge in [0.05, 0.1) is 11.3 Å². The third kappa shape index (κ3) is 3.65. The smallest absolute Gasteiger partial charge is 0.166 e. The fourth-order valence-corrected chi connectivity index (χ4v) is 2.27. The Kier molecular flexibility index (Phi) is 4.51. The molecule has 0 radical (unpaired) electrons. The number of hydrogen-bond acceptors (Lipinski definition) is 4. The second kappa shape index (κ2) is 6.91. The first-order valence-corrected chi connectivity index (χ1v) is 7.45. The molecule has 0 bridgehead atoms. The zero-order chi connectivity index (χ0) is 16.1. The summed E-state index contributed by atoms with van der Waals surface area (Å²) in [6.07, 6.45) is 0. The average Bonchev–Trinajstić information content (AvgIpc) is 2.62. The summed E-state index contributed by atoms with van der Waals surface area (Å²) in [6.45, 7) is 0.547. The lowest BCUT2D eigenvalue weighted by molar-refractivity contribution is 0.999. The van der Waals surface area contributed by atoms with Crippen LogP contribution in [-0.2, 0) is 6.54 Å². The van der Waals surface area contributed by atoms with E-state index < -0.39 is 0 Å². The average molecular weight is 321 g/mol. The van der Waals surface area contributed by atoms with Gasteiger partial charge >= 0.3 is 0 Å². The number of rotatable bonds is 4. The highest BCUT2D eigenvalue weighted by Gasteiger charge is 2.08. The van der Waals surface area contributed by atoms with E-state index in [1.807, 2.05) is 54.6 Å². The van der Waals surface area contributed by atoms with Crippen LogP contribution in [-0.4, -0.2) is 10.2 Å². The molecular weight excluding hydrogens is 308 g/mol. The van der Waals surface area contributed by atoms with Crippen molar-refractivity contribution in [1.82, 2.24) is 10.2 Å². The first-order valence-electron chi connectivity index (χ1n) is 7.08. The van der Waals surface area contributed by atoms with Crippen LogP contribution in [0.2, 0.25) is 5.02 Å².